The first-order valence-electron chi connectivity index (χ1n) is 7.20. The van der Waals surface area contributed by atoms with Crippen molar-refractivity contribution in [1.82, 2.24) is 4.90 Å². The molecule has 19 heavy (non-hydrogen) atoms. The molecule has 0 bridgehead atoms. The van der Waals surface area contributed by atoms with Crippen LogP contribution < -0.4 is 0 Å². The zero-order valence-electron chi connectivity index (χ0n) is 11.4. The van der Waals surface area contributed by atoms with Crippen molar-refractivity contribution >= 4 is 21.8 Å². The van der Waals surface area contributed by atoms with E-state index in [1.807, 2.05) is 4.90 Å². The summed E-state index contributed by atoms with van der Waals surface area (Å²) in [5.41, 5.74) is 4.29. The van der Waals surface area contributed by atoms with E-state index in [1.165, 1.54) is 42.4 Å². The van der Waals surface area contributed by atoms with Gasteiger partial charge < -0.3 is 4.90 Å². The van der Waals surface area contributed by atoms with Crippen LogP contribution >= 0.6 is 15.9 Å². The number of halogens is 1. The van der Waals surface area contributed by atoms with Gasteiger partial charge in [0.1, 0.15) is 0 Å². The van der Waals surface area contributed by atoms with Gasteiger partial charge in [0.25, 0.3) is 0 Å². The monoisotopic (exact) mass is 321 g/mol. The summed E-state index contributed by atoms with van der Waals surface area (Å²) in [4.78, 5) is 14.3. The van der Waals surface area contributed by atoms with E-state index in [0.29, 0.717) is 11.2 Å². The third kappa shape index (κ3) is 2.58. The third-order valence-corrected chi connectivity index (χ3v) is 5.05. The fourth-order valence-corrected chi connectivity index (χ4v) is 3.84. The van der Waals surface area contributed by atoms with Crippen molar-refractivity contribution in [3.05, 3.63) is 34.9 Å². The number of hydrogen-bond acceptors (Lipinski definition) is 1. The summed E-state index contributed by atoms with van der Waals surface area (Å²) in [7, 11) is 0. The SMILES string of the molecule is CC(c1ccc2c(c1)CCCC2)N1CC(Br)CC1=O. The second kappa shape index (κ2) is 5.28. The summed E-state index contributed by atoms with van der Waals surface area (Å²) in [6.45, 7) is 2.98. The highest BCUT2D eigenvalue weighted by Crippen LogP contribution is 2.31. The van der Waals surface area contributed by atoms with Gasteiger partial charge in [-0.25, -0.2) is 0 Å². The molecular weight excluding hydrogens is 302 g/mol. The lowest BCUT2D eigenvalue weighted by molar-refractivity contribution is -0.129. The summed E-state index contributed by atoms with van der Waals surface area (Å²) >= 11 is 3.56. The average molecular weight is 322 g/mol. The van der Waals surface area contributed by atoms with E-state index < -0.39 is 0 Å². The largest absolute Gasteiger partial charge is 0.335 e. The van der Waals surface area contributed by atoms with E-state index >= 15 is 0 Å². The van der Waals surface area contributed by atoms with Crippen LogP contribution in [-0.4, -0.2) is 22.2 Å². The van der Waals surface area contributed by atoms with Crippen molar-refractivity contribution in [3.8, 4) is 0 Å². The molecule has 0 radical (unpaired) electrons. The number of rotatable bonds is 2. The van der Waals surface area contributed by atoms with Crippen molar-refractivity contribution in [2.75, 3.05) is 6.54 Å². The number of fused-ring (bicyclic) bond motifs is 1. The number of aryl methyl sites for hydroxylation is 2. The van der Waals surface area contributed by atoms with Crippen LogP contribution in [0.5, 0.6) is 0 Å². The van der Waals surface area contributed by atoms with E-state index in [1.54, 1.807) is 0 Å². The summed E-state index contributed by atoms with van der Waals surface area (Å²) < 4.78 is 0. The maximum absolute atomic E-state index is 12.0. The molecule has 1 fully saturated rings. The standard InChI is InChI=1S/C16H20BrNO/c1-11(18-10-15(17)9-16(18)19)13-7-6-12-4-2-3-5-14(12)8-13/h6-8,11,15H,2-5,9-10H2,1H3. The van der Waals surface area contributed by atoms with Crippen molar-refractivity contribution in [2.24, 2.45) is 0 Å². The second-order valence-electron chi connectivity index (χ2n) is 5.76. The topological polar surface area (TPSA) is 20.3 Å². The Morgan fingerprint density at radius 1 is 1.26 bits per heavy atom. The first kappa shape index (κ1) is 13.2. The minimum Gasteiger partial charge on any atom is -0.335 e. The van der Waals surface area contributed by atoms with Crippen LogP contribution in [-0.2, 0) is 17.6 Å². The summed E-state index contributed by atoms with van der Waals surface area (Å²) in [5, 5.41) is 0. The lowest BCUT2D eigenvalue weighted by Crippen LogP contribution is -2.28. The Morgan fingerprint density at radius 2 is 2.00 bits per heavy atom. The van der Waals surface area contributed by atoms with Gasteiger partial charge in [-0.15, -0.1) is 0 Å². The molecule has 2 nitrogen and oxygen atoms in total. The van der Waals surface area contributed by atoms with Crippen LogP contribution in [0.4, 0.5) is 0 Å². The van der Waals surface area contributed by atoms with Gasteiger partial charge in [-0.1, -0.05) is 34.1 Å². The fourth-order valence-electron chi connectivity index (χ4n) is 3.25. The Labute approximate surface area is 123 Å². The second-order valence-corrected chi connectivity index (χ2v) is 7.05. The highest BCUT2D eigenvalue weighted by atomic mass is 79.9. The van der Waals surface area contributed by atoms with Gasteiger partial charge >= 0.3 is 0 Å². The van der Waals surface area contributed by atoms with Gasteiger partial charge in [0.05, 0.1) is 6.04 Å². The number of amides is 1. The van der Waals surface area contributed by atoms with Crippen LogP contribution in [0.15, 0.2) is 18.2 Å². The van der Waals surface area contributed by atoms with E-state index in [9.17, 15) is 4.79 Å². The predicted molar refractivity (Wildman–Crippen MR) is 80.5 cm³/mol. The fraction of sp³-hybridized carbons (Fsp3) is 0.562. The van der Waals surface area contributed by atoms with Gasteiger partial charge in [-0.05, 0) is 49.3 Å². The normalized spacial score (nSPS) is 24.4. The third-order valence-electron chi connectivity index (χ3n) is 4.43. The van der Waals surface area contributed by atoms with Crippen molar-refractivity contribution in [2.45, 2.75) is 49.9 Å². The smallest absolute Gasteiger partial charge is 0.224 e. The van der Waals surface area contributed by atoms with Crippen molar-refractivity contribution in [3.63, 3.8) is 0 Å². The lowest BCUT2D eigenvalue weighted by atomic mass is 9.89. The zero-order valence-corrected chi connectivity index (χ0v) is 12.9. The molecule has 1 saturated heterocycles. The average Bonchev–Trinajstić information content (AvgIpc) is 2.76. The number of nitrogens with zero attached hydrogens (tertiary/aromatic N) is 1. The highest BCUT2D eigenvalue weighted by molar-refractivity contribution is 9.09. The Kier molecular flexibility index (Phi) is 3.66. The number of carbonyl (C=O) groups is 1. The number of hydrogen-bond donors (Lipinski definition) is 0. The Bertz CT molecular complexity index is 500. The molecule has 3 heteroatoms. The maximum Gasteiger partial charge on any atom is 0.224 e. The summed E-state index contributed by atoms with van der Waals surface area (Å²) in [6, 6.07) is 7.01. The quantitative estimate of drug-likeness (QED) is 0.762. The Morgan fingerprint density at radius 3 is 2.68 bits per heavy atom. The first-order chi connectivity index (χ1) is 9.15. The molecule has 0 spiro atoms. The zero-order chi connectivity index (χ0) is 13.4. The molecule has 1 amide bonds. The molecule has 0 N–H and O–H groups in total. The summed E-state index contributed by atoms with van der Waals surface area (Å²) in [5.74, 6) is 0.270. The van der Waals surface area contributed by atoms with E-state index in [-0.39, 0.29) is 11.9 Å². The number of alkyl halides is 1. The van der Waals surface area contributed by atoms with Crippen molar-refractivity contribution in [1.29, 1.82) is 0 Å². The van der Waals surface area contributed by atoms with Gasteiger partial charge in [-0.3, -0.25) is 4.79 Å². The first-order valence-corrected chi connectivity index (χ1v) is 8.12. The maximum atomic E-state index is 12.0. The van der Waals surface area contributed by atoms with Gasteiger partial charge in [0.2, 0.25) is 5.91 Å². The molecule has 0 saturated carbocycles. The van der Waals surface area contributed by atoms with Crippen LogP contribution in [0.3, 0.4) is 0 Å². The summed E-state index contributed by atoms with van der Waals surface area (Å²) in [6.07, 6.45) is 5.67. The van der Waals surface area contributed by atoms with Crippen molar-refractivity contribution < 1.29 is 4.79 Å². The molecule has 0 aromatic heterocycles. The molecule has 1 aromatic rings. The van der Waals surface area contributed by atoms with Gasteiger partial charge in [0.15, 0.2) is 0 Å². The molecule has 2 atom stereocenters. The molecule has 2 unspecified atom stereocenters. The van der Waals surface area contributed by atoms with Gasteiger partial charge in [-0.2, -0.15) is 0 Å². The van der Waals surface area contributed by atoms with E-state index in [0.717, 1.165) is 6.54 Å². The minimum absolute atomic E-state index is 0.197. The van der Waals surface area contributed by atoms with Crippen LogP contribution in [0.25, 0.3) is 0 Å². The van der Waals surface area contributed by atoms with E-state index in [2.05, 4.69) is 41.1 Å². The molecule has 1 heterocycles. The number of carbonyl (C=O) groups excluding carboxylic acids is 1. The number of likely N-dealkylation sites (tertiary alicyclic amines) is 1. The highest BCUT2D eigenvalue weighted by Gasteiger charge is 2.31. The molecule has 1 aromatic carbocycles. The minimum atomic E-state index is 0.197. The number of benzene rings is 1. The van der Waals surface area contributed by atoms with Crippen LogP contribution in [0.2, 0.25) is 0 Å². The predicted octanol–water partition coefficient (Wildman–Crippen LogP) is 3.62. The Hall–Kier alpha value is -0.830. The molecule has 1 aliphatic carbocycles. The molecular formula is C16H20BrNO. The van der Waals surface area contributed by atoms with Gasteiger partial charge in [0, 0.05) is 17.8 Å². The lowest BCUT2D eigenvalue weighted by Gasteiger charge is -2.26. The van der Waals surface area contributed by atoms with E-state index in [4.69, 9.17) is 0 Å². The molecule has 1 aliphatic heterocycles. The molecule has 102 valence electrons. The Balaban J connectivity index is 1.83. The van der Waals surface area contributed by atoms with Crippen LogP contribution in [0.1, 0.15) is 48.9 Å². The van der Waals surface area contributed by atoms with Crippen LogP contribution in [0, 0.1) is 0 Å². The molecule has 3 rings (SSSR count). The molecule has 2 aliphatic rings.